The molecule has 2 aromatic carbocycles. The van der Waals surface area contributed by atoms with Crippen molar-refractivity contribution in [3.8, 4) is 0 Å². The molecule has 0 saturated carbocycles. The van der Waals surface area contributed by atoms with Crippen LogP contribution < -0.4 is 0 Å². The summed E-state index contributed by atoms with van der Waals surface area (Å²) in [5.41, 5.74) is 1.54. The van der Waals surface area contributed by atoms with Crippen LogP contribution in [0.25, 0.3) is 0 Å². The van der Waals surface area contributed by atoms with Gasteiger partial charge in [0.1, 0.15) is 11.2 Å². The minimum atomic E-state index is -0.489. The normalized spacial score (nSPS) is 19.6. The SMILES string of the molecule is COCC(C)(OC)C([SiH3])(SSC([SiH3])(c1ccccc1)C(C)(COC)OC)c1ccccc1. The van der Waals surface area contributed by atoms with Gasteiger partial charge in [-0.25, -0.2) is 0 Å². The predicted molar refractivity (Wildman–Crippen MR) is 146 cm³/mol. The van der Waals surface area contributed by atoms with E-state index in [9.17, 15) is 0 Å². The molecule has 0 aliphatic rings. The van der Waals surface area contributed by atoms with E-state index in [1.54, 1.807) is 28.4 Å². The number of hydrogen-bond acceptors (Lipinski definition) is 6. The lowest BCUT2D eigenvalue weighted by Gasteiger charge is -2.49. The summed E-state index contributed by atoms with van der Waals surface area (Å²) in [6.07, 6.45) is 0. The van der Waals surface area contributed by atoms with Gasteiger partial charge in [0, 0.05) is 48.9 Å². The maximum Gasteiger partial charge on any atom is 0.104 e. The molecule has 0 fully saturated rings. The van der Waals surface area contributed by atoms with Gasteiger partial charge >= 0.3 is 0 Å². The van der Waals surface area contributed by atoms with E-state index in [0.29, 0.717) is 13.2 Å². The molecule has 4 unspecified atom stereocenters. The highest BCUT2D eigenvalue weighted by molar-refractivity contribution is 8.77. The van der Waals surface area contributed by atoms with Gasteiger partial charge in [-0.3, -0.25) is 0 Å². The van der Waals surface area contributed by atoms with E-state index in [2.05, 4.69) is 74.5 Å². The minimum Gasteiger partial charge on any atom is -0.382 e. The molecular weight excluding hydrogens is 473 g/mol. The topological polar surface area (TPSA) is 36.9 Å². The van der Waals surface area contributed by atoms with E-state index >= 15 is 0 Å². The zero-order valence-corrected chi connectivity index (χ0v) is 26.3. The van der Waals surface area contributed by atoms with Gasteiger partial charge in [-0.1, -0.05) is 82.3 Å². The Morgan fingerprint density at radius 2 is 0.938 bits per heavy atom. The maximum atomic E-state index is 6.16. The molecule has 0 spiro atoms. The Morgan fingerprint density at radius 1 is 0.625 bits per heavy atom. The van der Waals surface area contributed by atoms with Gasteiger partial charge in [-0.05, 0) is 25.0 Å². The molecule has 0 saturated heterocycles. The van der Waals surface area contributed by atoms with Crippen molar-refractivity contribution in [3.63, 3.8) is 0 Å². The standard InChI is InChI=1S/C24H38O4S2Si2/c1-21(27-5,17-25-3)23(31,19-13-9-7-10-14-19)29-30-24(32,20-15-11-8-12-16-20)22(2,28-6)18-26-4/h7-16H,17-18H2,1-6,31-32H3. The minimum absolute atomic E-state index is 0.254. The van der Waals surface area contributed by atoms with E-state index in [1.165, 1.54) is 11.1 Å². The average Bonchev–Trinajstić information content (AvgIpc) is 2.83. The monoisotopic (exact) mass is 510 g/mol. The van der Waals surface area contributed by atoms with E-state index < -0.39 is 11.2 Å². The van der Waals surface area contributed by atoms with Crippen LogP contribution in [-0.2, 0) is 27.7 Å². The lowest BCUT2D eigenvalue weighted by molar-refractivity contribution is -0.0621. The fourth-order valence-corrected chi connectivity index (χ4v) is 10.8. The van der Waals surface area contributed by atoms with Crippen molar-refractivity contribution in [1.82, 2.24) is 0 Å². The molecule has 178 valence electrons. The first kappa shape index (κ1) is 27.7. The quantitative estimate of drug-likeness (QED) is 0.305. The van der Waals surface area contributed by atoms with Crippen molar-refractivity contribution in [2.24, 2.45) is 0 Å². The van der Waals surface area contributed by atoms with Crippen molar-refractivity contribution in [3.05, 3.63) is 71.8 Å². The van der Waals surface area contributed by atoms with Crippen molar-refractivity contribution < 1.29 is 18.9 Å². The Morgan fingerprint density at radius 3 is 1.19 bits per heavy atom. The predicted octanol–water partition coefficient (Wildman–Crippen LogP) is 2.91. The summed E-state index contributed by atoms with van der Waals surface area (Å²) in [5.74, 6) is 0. The van der Waals surface area contributed by atoms with E-state index in [1.807, 2.05) is 21.6 Å². The lowest BCUT2D eigenvalue weighted by Crippen LogP contribution is -2.54. The third kappa shape index (κ3) is 5.38. The molecule has 4 nitrogen and oxygen atoms in total. The second-order valence-electron chi connectivity index (χ2n) is 8.70. The Hall–Kier alpha value is -0.586. The van der Waals surface area contributed by atoms with E-state index in [0.717, 1.165) is 20.5 Å². The maximum absolute atomic E-state index is 6.16. The molecule has 0 N–H and O–H groups in total. The zero-order chi connectivity index (χ0) is 23.9. The Labute approximate surface area is 207 Å². The van der Waals surface area contributed by atoms with Gasteiger partial charge in [-0.2, -0.15) is 0 Å². The third-order valence-corrected chi connectivity index (χ3v) is 17.4. The highest BCUT2D eigenvalue weighted by Crippen LogP contribution is 2.58. The average molecular weight is 511 g/mol. The zero-order valence-electron chi connectivity index (χ0n) is 20.6. The highest BCUT2D eigenvalue weighted by atomic mass is 33.1. The molecule has 0 amide bonds. The molecule has 8 heteroatoms. The summed E-state index contributed by atoms with van der Waals surface area (Å²) in [4.78, 5) is 0. The summed E-state index contributed by atoms with van der Waals surface area (Å²) in [7, 11) is 12.6. The molecule has 0 heterocycles. The molecule has 0 aliphatic heterocycles. The number of methoxy groups -OCH3 is 4. The van der Waals surface area contributed by atoms with Crippen LogP contribution >= 0.6 is 21.6 Å². The third-order valence-electron chi connectivity index (χ3n) is 6.78. The molecule has 2 rings (SSSR count). The number of benzene rings is 2. The summed E-state index contributed by atoms with van der Waals surface area (Å²) >= 11 is 0. The van der Waals surface area contributed by atoms with Crippen LogP contribution in [-0.4, -0.2) is 73.3 Å². The Balaban J connectivity index is 2.58. The van der Waals surface area contributed by atoms with Crippen molar-refractivity contribution in [1.29, 1.82) is 0 Å². The van der Waals surface area contributed by atoms with Gasteiger partial charge in [0.25, 0.3) is 0 Å². The van der Waals surface area contributed by atoms with Gasteiger partial charge in [0.2, 0.25) is 0 Å². The van der Waals surface area contributed by atoms with Crippen LogP contribution in [0, 0.1) is 0 Å². The van der Waals surface area contributed by atoms with Gasteiger partial charge < -0.3 is 18.9 Å². The van der Waals surface area contributed by atoms with Crippen molar-refractivity contribution in [2.75, 3.05) is 41.7 Å². The molecular formula is C24H38O4S2Si2. The smallest absolute Gasteiger partial charge is 0.104 e. The first-order valence-corrected chi connectivity index (χ1v) is 14.9. The van der Waals surface area contributed by atoms with E-state index in [4.69, 9.17) is 18.9 Å². The van der Waals surface area contributed by atoms with Crippen LogP contribution in [0.2, 0.25) is 0 Å². The first-order chi connectivity index (χ1) is 15.2. The second-order valence-corrected chi connectivity index (χ2v) is 16.1. The van der Waals surface area contributed by atoms with Crippen LogP contribution in [0.3, 0.4) is 0 Å². The van der Waals surface area contributed by atoms with Gasteiger partial charge in [0.15, 0.2) is 0 Å². The molecule has 2 aromatic rings. The fraction of sp³-hybridized carbons (Fsp3) is 0.500. The summed E-state index contributed by atoms with van der Waals surface area (Å²) in [6.45, 7) is 5.33. The summed E-state index contributed by atoms with van der Waals surface area (Å²) < 4.78 is 23.1. The molecule has 0 bridgehead atoms. The highest BCUT2D eigenvalue weighted by Gasteiger charge is 2.52. The largest absolute Gasteiger partial charge is 0.382 e. The molecule has 4 atom stereocenters. The van der Waals surface area contributed by atoms with Crippen molar-refractivity contribution >= 4 is 42.1 Å². The fourth-order valence-electron chi connectivity index (χ4n) is 3.90. The van der Waals surface area contributed by atoms with Crippen LogP contribution in [0.1, 0.15) is 25.0 Å². The van der Waals surface area contributed by atoms with Gasteiger partial charge in [0.05, 0.1) is 22.0 Å². The molecule has 0 radical (unpaired) electrons. The number of ether oxygens (including phenoxy) is 4. The van der Waals surface area contributed by atoms with E-state index in [-0.39, 0.29) is 8.74 Å². The van der Waals surface area contributed by atoms with Crippen LogP contribution in [0.15, 0.2) is 60.7 Å². The Bertz CT molecular complexity index is 762. The van der Waals surface area contributed by atoms with Gasteiger partial charge in [-0.15, -0.1) is 0 Å². The molecule has 0 aromatic heterocycles. The molecule has 32 heavy (non-hydrogen) atoms. The number of hydrogen-bond donors (Lipinski definition) is 0. The summed E-state index contributed by atoms with van der Waals surface area (Å²) in [6, 6.07) is 21.3. The lowest BCUT2D eigenvalue weighted by atomic mass is 9.95. The second kappa shape index (κ2) is 11.7. The van der Waals surface area contributed by atoms with Crippen LogP contribution in [0.4, 0.5) is 0 Å². The first-order valence-electron chi connectivity index (χ1n) is 10.7. The van der Waals surface area contributed by atoms with Crippen molar-refractivity contribution in [2.45, 2.75) is 33.8 Å². The molecule has 0 aliphatic carbocycles. The summed E-state index contributed by atoms with van der Waals surface area (Å²) in [5, 5.41) is 0. The Kier molecular flexibility index (Phi) is 10.1. The van der Waals surface area contributed by atoms with Crippen LogP contribution in [0.5, 0.6) is 0 Å². The number of rotatable bonds is 13.